The van der Waals surface area contributed by atoms with Crippen LogP contribution in [-0.4, -0.2) is 31.8 Å². The van der Waals surface area contributed by atoms with E-state index in [0.717, 1.165) is 5.56 Å². The van der Waals surface area contributed by atoms with E-state index in [9.17, 15) is 4.21 Å². The summed E-state index contributed by atoms with van der Waals surface area (Å²) in [6.07, 6.45) is 0. The fraction of sp³-hybridized carbons (Fsp3) is 0.143. The van der Waals surface area contributed by atoms with E-state index in [1.54, 1.807) is 12.1 Å². The molecule has 1 atom stereocenters. The lowest BCUT2D eigenvalue weighted by Gasteiger charge is -1.93. The van der Waals surface area contributed by atoms with Crippen molar-refractivity contribution in [2.75, 3.05) is 0 Å². The maximum Gasteiger partial charge on any atom is 0.316 e. The summed E-state index contributed by atoms with van der Waals surface area (Å²) in [6.45, 7) is 1.93. The second-order valence-electron chi connectivity index (χ2n) is 2.06. The Morgan fingerprint density at radius 1 is 1.27 bits per heavy atom. The highest BCUT2D eigenvalue weighted by Crippen LogP contribution is 2.05. The topological polar surface area (TPSA) is 37.3 Å². The van der Waals surface area contributed by atoms with Gasteiger partial charge in [-0.1, -0.05) is 17.7 Å². The fourth-order valence-electron chi connectivity index (χ4n) is 0.655. The number of hydrogen-bond acceptors (Lipinski definition) is 1. The molecule has 0 heterocycles. The van der Waals surface area contributed by atoms with Gasteiger partial charge in [-0.25, -0.2) is 4.21 Å². The molecule has 1 unspecified atom stereocenters. The monoisotopic (exact) mass is 182 g/mol. The van der Waals surface area contributed by atoms with Gasteiger partial charge in [0, 0.05) is 0 Å². The van der Waals surface area contributed by atoms with Crippen LogP contribution in [0.4, 0.5) is 0 Å². The van der Waals surface area contributed by atoms with Gasteiger partial charge >= 0.3 is 23.1 Å². The molecule has 0 bridgehead atoms. The highest BCUT2D eigenvalue weighted by molar-refractivity contribution is 7.79. The van der Waals surface area contributed by atoms with Crippen LogP contribution in [0.1, 0.15) is 5.56 Å². The average molecular weight is 183 g/mol. The lowest BCUT2D eigenvalue weighted by molar-refractivity contribution is 0.564. The molecule has 0 radical (unpaired) electrons. The van der Waals surface area contributed by atoms with Crippen LogP contribution in [0.5, 0.6) is 0 Å². The van der Waals surface area contributed by atoms with Gasteiger partial charge in [0.1, 0.15) is 0 Å². The van der Waals surface area contributed by atoms with Gasteiger partial charge < -0.3 is 4.55 Å². The minimum absolute atomic E-state index is 0. The Morgan fingerprint density at radius 3 is 2.09 bits per heavy atom. The second-order valence-corrected chi connectivity index (χ2v) is 3.03. The van der Waals surface area contributed by atoms with Crippen molar-refractivity contribution >= 4 is 34.1 Å². The van der Waals surface area contributed by atoms with Crippen LogP contribution in [0.3, 0.4) is 0 Å². The van der Waals surface area contributed by atoms with Crippen molar-refractivity contribution in [1.82, 2.24) is 0 Å². The Labute approximate surface area is 84.4 Å². The first-order valence-electron chi connectivity index (χ1n) is 2.87. The van der Waals surface area contributed by atoms with Crippen molar-refractivity contribution < 1.29 is 8.76 Å². The molecule has 0 aliphatic carbocycles. The Kier molecular flexibility index (Phi) is 4.91. The van der Waals surface area contributed by atoms with E-state index in [2.05, 4.69) is 0 Å². The van der Waals surface area contributed by atoms with Crippen LogP contribution in [0, 0.1) is 6.92 Å². The average Bonchev–Trinajstić information content (AvgIpc) is 1.88. The van der Waals surface area contributed by atoms with Crippen molar-refractivity contribution in [2.24, 2.45) is 0 Å². The lowest BCUT2D eigenvalue weighted by Crippen LogP contribution is -1.86. The van der Waals surface area contributed by atoms with Gasteiger partial charge in [0.25, 0.3) is 0 Å². The van der Waals surface area contributed by atoms with Crippen LogP contribution in [-0.2, 0) is 11.1 Å². The third-order valence-electron chi connectivity index (χ3n) is 1.22. The summed E-state index contributed by atoms with van der Waals surface area (Å²) in [5.41, 5.74) is 1.09. The van der Waals surface area contributed by atoms with Crippen molar-refractivity contribution in [2.45, 2.75) is 11.8 Å². The zero-order chi connectivity index (χ0) is 7.56. The van der Waals surface area contributed by atoms with Crippen LogP contribution >= 0.6 is 0 Å². The van der Waals surface area contributed by atoms with E-state index in [1.165, 1.54) is 0 Å². The molecule has 1 rings (SSSR count). The standard InChI is InChI=1S/C7H8O2S.Mg.2H/c1-6-2-4-7(5-3-6)10(8)9;;;/h2-5H,1H3,(H,8,9);;;. The third kappa shape index (κ3) is 3.33. The molecule has 0 saturated carbocycles. The summed E-state index contributed by atoms with van der Waals surface area (Å²) >= 11 is -1.84. The van der Waals surface area contributed by atoms with Gasteiger partial charge in [-0.15, -0.1) is 0 Å². The second kappa shape index (κ2) is 4.87. The summed E-state index contributed by atoms with van der Waals surface area (Å²) in [7, 11) is 0. The minimum atomic E-state index is -1.84. The van der Waals surface area contributed by atoms with Crippen LogP contribution < -0.4 is 0 Å². The van der Waals surface area contributed by atoms with Gasteiger partial charge in [-0.05, 0) is 19.1 Å². The van der Waals surface area contributed by atoms with Crippen molar-refractivity contribution in [1.29, 1.82) is 0 Å². The first kappa shape index (κ1) is 11.1. The van der Waals surface area contributed by atoms with E-state index in [-0.39, 0.29) is 23.1 Å². The zero-order valence-corrected chi connectivity index (χ0v) is 6.39. The maximum absolute atomic E-state index is 10.4. The van der Waals surface area contributed by atoms with Gasteiger partial charge in [0.2, 0.25) is 0 Å². The van der Waals surface area contributed by atoms with E-state index in [4.69, 9.17) is 4.55 Å². The number of benzene rings is 1. The molecule has 0 spiro atoms. The molecule has 4 heteroatoms. The van der Waals surface area contributed by atoms with Crippen LogP contribution in [0.25, 0.3) is 0 Å². The molecule has 1 aromatic rings. The van der Waals surface area contributed by atoms with E-state index in [1.807, 2.05) is 19.1 Å². The number of aryl methyl sites for hydroxylation is 1. The normalized spacial score (nSPS) is 11.8. The van der Waals surface area contributed by atoms with Crippen LogP contribution in [0.15, 0.2) is 29.2 Å². The fourth-order valence-corrected chi connectivity index (χ4v) is 1.02. The Morgan fingerprint density at radius 2 is 1.73 bits per heavy atom. The lowest BCUT2D eigenvalue weighted by atomic mass is 10.2. The summed E-state index contributed by atoms with van der Waals surface area (Å²) in [5.74, 6) is 0. The molecular formula is C7H10MgO2S. The molecule has 0 amide bonds. The quantitative estimate of drug-likeness (QED) is 0.512. The van der Waals surface area contributed by atoms with E-state index >= 15 is 0 Å². The predicted octanol–water partition coefficient (Wildman–Crippen LogP) is 0.659. The highest BCUT2D eigenvalue weighted by Gasteiger charge is 1.95. The predicted molar refractivity (Wildman–Crippen MR) is 48.8 cm³/mol. The third-order valence-corrected chi connectivity index (χ3v) is 1.90. The first-order valence-corrected chi connectivity index (χ1v) is 3.98. The molecule has 0 aromatic heterocycles. The maximum atomic E-state index is 10.4. The van der Waals surface area contributed by atoms with Gasteiger partial charge in [0.15, 0.2) is 11.1 Å². The van der Waals surface area contributed by atoms with Crippen molar-refractivity contribution in [3.63, 3.8) is 0 Å². The highest BCUT2D eigenvalue weighted by atomic mass is 32.2. The van der Waals surface area contributed by atoms with Crippen molar-refractivity contribution in [3.8, 4) is 0 Å². The summed E-state index contributed by atoms with van der Waals surface area (Å²) < 4.78 is 19.0. The Bertz CT molecular complexity index is 245. The zero-order valence-electron chi connectivity index (χ0n) is 5.57. The number of rotatable bonds is 1. The van der Waals surface area contributed by atoms with E-state index in [0.29, 0.717) is 4.90 Å². The molecule has 11 heavy (non-hydrogen) atoms. The molecule has 2 nitrogen and oxygen atoms in total. The molecule has 1 aromatic carbocycles. The summed E-state index contributed by atoms with van der Waals surface area (Å²) in [4.78, 5) is 0.450. The summed E-state index contributed by atoms with van der Waals surface area (Å²) in [5, 5.41) is 0. The first-order chi connectivity index (χ1) is 4.70. The van der Waals surface area contributed by atoms with Crippen molar-refractivity contribution in [3.05, 3.63) is 29.8 Å². The van der Waals surface area contributed by atoms with Gasteiger partial charge in [-0.2, -0.15) is 0 Å². The number of hydrogen-bond donors (Lipinski definition) is 1. The molecule has 0 saturated heterocycles. The molecular weight excluding hydrogens is 172 g/mol. The Balaban J connectivity index is 0.000001000. The van der Waals surface area contributed by atoms with Gasteiger partial charge in [0.05, 0.1) is 4.90 Å². The molecule has 0 aliphatic heterocycles. The molecule has 58 valence electrons. The Hall–Kier alpha value is 0.0962. The largest absolute Gasteiger partial charge is 0.316 e. The van der Waals surface area contributed by atoms with Crippen LogP contribution in [0.2, 0.25) is 0 Å². The molecule has 1 N–H and O–H groups in total. The summed E-state index contributed by atoms with van der Waals surface area (Å²) in [6, 6.07) is 6.91. The minimum Gasteiger partial charge on any atom is -0.302 e. The van der Waals surface area contributed by atoms with Gasteiger partial charge in [-0.3, -0.25) is 0 Å². The smallest absolute Gasteiger partial charge is 0.302 e. The van der Waals surface area contributed by atoms with E-state index < -0.39 is 11.1 Å². The SMILES string of the molecule is Cc1ccc(S(=O)O)cc1.[MgH2]. The molecule has 0 fully saturated rings. The molecule has 0 aliphatic rings.